The van der Waals surface area contributed by atoms with Crippen LogP contribution >= 0.6 is 24.0 Å². The van der Waals surface area contributed by atoms with Crippen LogP contribution in [-0.4, -0.2) is 11.9 Å². The van der Waals surface area contributed by atoms with Crippen LogP contribution in [0.5, 0.6) is 0 Å². The number of nitrogens with two attached hydrogens (primary N) is 1. The van der Waals surface area contributed by atoms with E-state index in [9.17, 15) is 0 Å². The van der Waals surface area contributed by atoms with E-state index >= 15 is 0 Å². The monoisotopic (exact) mass is 171 g/mol. The smallest absolute Gasteiger partial charge is 0.0375 e. The molecule has 1 nitrogen and oxygen atoms in total. The summed E-state index contributed by atoms with van der Waals surface area (Å²) in [6.07, 6.45) is 1.03. The Morgan fingerprint density at radius 1 is 1.44 bits per heavy atom. The van der Waals surface area contributed by atoms with Crippen LogP contribution in [0, 0.1) is 5.92 Å². The first-order valence-corrected chi connectivity index (χ1v) is 3.51. The normalized spacial score (nSPS) is 13.0. The van der Waals surface area contributed by atoms with Gasteiger partial charge in [0.2, 0.25) is 0 Å². The Balaban J connectivity index is 0. The van der Waals surface area contributed by atoms with Gasteiger partial charge >= 0.3 is 0 Å². The van der Waals surface area contributed by atoms with Crippen molar-refractivity contribution in [3.63, 3.8) is 0 Å². The Morgan fingerprint density at radius 2 is 1.89 bits per heavy atom. The largest absolute Gasteiger partial charge is 0.327 e. The Labute approximate surface area is 68.4 Å². The van der Waals surface area contributed by atoms with Gasteiger partial charge in [-0.3, -0.25) is 0 Å². The highest BCUT2D eigenvalue weighted by Gasteiger charge is 2.01. The van der Waals surface area contributed by atoms with Crippen molar-refractivity contribution in [2.45, 2.75) is 26.3 Å². The highest BCUT2D eigenvalue weighted by molar-refractivity contribution is 6.18. The third-order valence-electron chi connectivity index (χ3n) is 0.972. The Hall–Kier alpha value is 0.540. The number of halogens is 2. The van der Waals surface area contributed by atoms with Gasteiger partial charge in [-0.05, 0) is 12.3 Å². The molecule has 2 N–H and O–H groups in total. The molecule has 3 heteroatoms. The molecule has 0 aliphatic carbocycles. The van der Waals surface area contributed by atoms with Gasteiger partial charge in [0, 0.05) is 11.9 Å². The van der Waals surface area contributed by atoms with Gasteiger partial charge in [0.1, 0.15) is 0 Å². The summed E-state index contributed by atoms with van der Waals surface area (Å²) < 4.78 is 0. The zero-order chi connectivity index (χ0) is 6.57. The zero-order valence-electron chi connectivity index (χ0n) is 5.93. The second-order valence-corrected chi connectivity index (χ2v) is 2.85. The van der Waals surface area contributed by atoms with Crippen LogP contribution in [0.1, 0.15) is 20.3 Å². The third kappa shape index (κ3) is 8.54. The average Bonchev–Trinajstić information content (AvgIpc) is 1.65. The highest BCUT2D eigenvalue weighted by Crippen LogP contribution is 2.02. The lowest BCUT2D eigenvalue weighted by molar-refractivity contribution is 0.523. The predicted molar refractivity (Wildman–Crippen MR) is 45.4 cm³/mol. The summed E-state index contributed by atoms with van der Waals surface area (Å²) >= 11 is 5.47. The van der Waals surface area contributed by atoms with Crippen LogP contribution in [0.2, 0.25) is 0 Å². The van der Waals surface area contributed by atoms with E-state index in [0.717, 1.165) is 6.42 Å². The quantitative estimate of drug-likeness (QED) is 0.647. The molecule has 1 atom stereocenters. The first kappa shape index (κ1) is 12.2. The van der Waals surface area contributed by atoms with Gasteiger partial charge in [-0.25, -0.2) is 0 Å². The molecule has 0 rings (SSSR count). The van der Waals surface area contributed by atoms with Gasteiger partial charge < -0.3 is 5.73 Å². The fourth-order valence-corrected chi connectivity index (χ4v) is 0.794. The van der Waals surface area contributed by atoms with Gasteiger partial charge in [-0.1, -0.05) is 13.8 Å². The molecule has 0 saturated heterocycles. The summed E-state index contributed by atoms with van der Waals surface area (Å²) in [5, 5.41) is 0. The minimum atomic E-state index is 0. The van der Waals surface area contributed by atoms with Crippen LogP contribution in [0.4, 0.5) is 0 Å². The van der Waals surface area contributed by atoms with Crippen molar-refractivity contribution in [1.82, 2.24) is 0 Å². The molecule has 0 saturated carbocycles. The molecule has 0 aliphatic heterocycles. The first-order chi connectivity index (χ1) is 3.66. The van der Waals surface area contributed by atoms with Crippen molar-refractivity contribution >= 4 is 24.0 Å². The average molecular weight is 172 g/mol. The summed E-state index contributed by atoms with van der Waals surface area (Å²) in [6, 6.07) is 0.191. The van der Waals surface area contributed by atoms with E-state index in [-0.39, 0.29) is 18.4 Å². The molecule has 0 aromatic rings. The van der Waals surface area contributed by atoms with E-state index in [1.165, 1.54) is 0 Å². The zero-order valence-corrected chi connectivity index (χ0v) is 7.50. The number of alkyl halides is 1. The van der Waals surface area contributed by atoms with Gasteiger partial charge in [0.25, 0.3) is 0 Å². The van der Waals surface area contributed by atoms with E-state index in [0.29, 0.717) is 11.8 Å². The number of hydrogen-bond acceptors (Lipinski definition) is 1. The fraction of sp³-hybridized carbons (Fsp3) is 1.00. The van der Waals surface area contributed by atoms with Crippen LogP contribution < -0.4 is 5.73 Å². The number of rotatable bonds is 3. The topological polar surface area (TPSA) is 26.0 Å². The molecule has 0 amide bonds. The minimum absolute atomic E-state index is 0. The first-order valence-electron chi connectivity index (χ1n) is 2.98. The molecule has 0 aliphatic rings. The molecule has 0 aromatic carbocycles. The minimum Gasteiger partial charge on any atom is -0.327 e. The van der Waals surface area contributed by atoms with Gasteiger partial charge in [-0.2, -0.15) is 0 Å². The summed E-state index contributed by atoms with van der Waals surface area (Å²) in [4.78, 5) is 0. The third-order valence-corrected chi connectivity index (χ3v) is 1.37. The molecule has 0 bridgehead atoms. The summed E-state index contributed by atoms with van der Waals surface area (Å²) in [7, 11) is 0. The maximum atomic E-state index is 5.54. The van der Waals surface area contributed by atoms with Gasteiger partial charge in [0.05, 0.1) is 0 Å². The second kappa shape index (κ2) is 6.66. The lowest BCUT2D eigenvalue weighted by atomic mass is 10.1. The molecule has 0 radical (unpaired) electrons. The maximum absolute atomic E-state index is 5.54. The molecule has 0 spiro atoms. The van der Waals surface area contributed by atoms with Crippen molar-refractivity contribution in [3.8, 4) is 0 Å². The fourth-order valence-electron chi connectivity index (χ4n) is 0.668. The second-order valence-electron chi connectivity index (χ2n) is 2.54. The molecule has 1 unspecified atom stereocenters. The van der Waals surface area contributed by atoms with E-state index in [4.69, 9.17) is 17.3 Å². The van der Waals surface area contributed by atoms with Crippen molar-refractivity contribution in [2.75, 3.05) is 5.88 Å². The SMILES string of the molecule is CC(C)CC(N)CCl.Cl. The summed E-state index contributed by atoms with van der Waals surface area (Å²) in [5.41, 5.74) is 5.54. The molecule has 0 aromatic heterocycles. The standard InChI is InChI=1S/C6H14ClN.ClH/c1-5(2)3-6(8)4-7;/h5-6H,3-4,8H2,1-2H3;1H. The Bertz CT molecular complexity index is 57.0. The lowest BCUT2D eigenvalue weighted by Crippen LogP contribution is -2.23. The van der Waals surface area contributed by atoms with E-state index < -0.39 is 0 Å². The molecule has 9 heavy (non-hydrogen) atoms. The van der Waals surface area contributed by atoms with Crippen molar-refractivity contribution < 1.29 is 0 Å². The Morgan fingerprint density at radius 3 is 2.00 bits per heavy atom. The van der Waals surface area contributed by atoms with Crippen LogP contribution in [-0.2, 0) is 0 Å². The Kier molecular flexibility index (Phi) is 9.05. The van der Waals surface area contributed by atoms with Gasteiger partial charge in [-0.15, -0.1) is 24.0 Å². The highest BCUT2D eigenvalue weighted by atomic mass is 35.5. The molecule has 0 fully saturated rings. The van der Waals surface area contributed by atoms with Crippen molar-refractivity contribution in [1.29, 1.82) is 0 Å². The summed E-state index contributed by atoms with van der Waals surface area (Å²) in [5.74, 6) is 1.25. The molecular weight excluding hydrogens is 157 g/mol. The predicted octanol–water partition coefficient (Wildman–Crippen LogP) is 2.02. The number of hydrogen-bond donors (Lipinski definition) is 1. The lowest BCUT2D eigenvalue weighted by Gasteiger charge is -2.08. The maximum Gasteiger partial charge on any atom is 0.0375 e. The van der Waals surface area contributed by atoms with E-state index in [1.807, 2.05) is 0 Å². The van der Waals surface area contributed by atoms with E-state index in [2.05, 4.69) is 13.8 Å². The van der Waals surface area contributed by atoms with E-state index in [1.54, 1.807) is 0 Å². The summed E-state index contributed by atoms with van der Waals surface area (Å²) in [6.45, 7) is 4.29. The molecule has 58 valence electrons. The van der Waals surface area contributed by atoms with Crippen LogP contribution in [0.25, 0.3) is 0 Å². The van der Waals surface area contributed by atoms with Gasteiger partial charge in [0.15, 0.2) is 0 Å². The van der Waals surface area contributed by atoms with Crippen molar-refractivity contribution in [2.24, 2.45) is 11.7 Å². The molecule has 0 heterocycles. The molecular formula is C6H15Cl2N. The van der Waals surface area contributed by atoms with Crippen LogP contribution in [0.15, 0.2) is 0 Å². The van der Waals surface area contributed by atoms with Crippen molar-refractivity contribution in [3.05, 3.63) is 0 Å². The van der Waals surface area contributed by atoms with Crippen LogP contribution in [0.3, 0.4) is 0 Å².